The summed E-state index contributed by atoms with van der Waals surface area (Å²) in [5, 5.41) is 3.14. The number of nitrogens with one attached hydrogen (secondary N) is 1. The lowest BCUT2D eigenvalue weighted by atomic mass is 9.99. The standard InChI is InChI=1S/C15H18F6N2S.2ClH/c16-14(17,18)6-5-13(23-9-7-22-8-10-23)11-1-3-12(4-2-11)24-15(19,20)21;;/h1-4,13,22H,5-10H2;2*1H/t13-;;/m0../s1. The average Bonchev–Trinajstić information content (AvgIpc) is 2.47. The van der Waals surface area contributed by atoms with Crippen molar-refractivity contribution in [3.8, 4) is 0 Å². The molecule has 2 rings (SSSR count). The van der Waals surface area contributed by atoms with E-state index in [-0.39, 0.29) is 47.9 Å². The Bertz CT molecular complexity index is 518. The number of nitrogens with zero attached hydrogens (tertiary/aromatic N) is 1. The summed E-state index contributed by atoms with van der Waals surface area (Å²) in [6, 6.07) is 5.18. The van der Waals surface area contributed by atoms with Crippen molar-refractivity contribution in [1.82, 2.24) is 10.2 Å². The van der Waals surface area contributed by atoms with Gasteiger partial charge in [0.2, 0.25) is 0 Å². The van der Waals surface area contributed by atoms with Crippen LogP contribution in [0.3, 0.4) is 0 Å². The van der Waals surface area contributed by atoms with Gasteiger partial charge < -0.3 is 5.32 Å². The summed E-state index contributed by atoms with van der Waals surface area (Å²) in [7, 11) is 0. The number of halogens is 8. The third kappa shape index (κ3) is 9.03. The first kappa shape index (κ1) is 25.6. The molecule has 1 heterocycles. The normalized spacial score (nSPS) is 17.2. The van der Waals surface area contributed by atoms with Crippen molar-refractivity contribution < 1.29 is 26.3 Å². The van der Waals surface area contributed by atoms with E-state index in [0.717, 1.165) is 0 Å². The molecule has 0 amide bonds. The number of hydrogen-bond donors (Lipinski definition) is 1. The number of benzene rings is 1. The van der Waals surface area contributed by atoms with Gasteiger partial charge in [0.1, 0.15) is 0 Å². The van der Waals surface area contributed by atoms with E-state index in [0.29, 0.717) is 31.7 Å². The molecule has 0 saturated carbocycles. The van der Waals surface area contributed by atoms with Crippen LogP contribution in [0.4, 0.5) is 26.3 Å². The molecule has 11 heteroatoms. The van der Waals surface area contributed by atoms with Gasteiger partial charge in [-0.05, 0) is 35.9 Å². The molecule has 2 nitrogen and oxygen atoms in total. The summed E-state index contributed by atoms with van der Waals surface area (Å²) in [6.45, 7) is 2.60. The maximum Gasteiger partial charge on any atom is 0.446 e. The largest absolute Gasteiger partial charge is 0.446 e. The van der Waals surface area contributed by atoms with Crippen LogP contribution in [0.2, 0.25) is 0 Å². The number of alkyl halides is 6. The predicted octanol–water partition coefficient (Wildman–Crippen LogP) is 5.43. The lowest BCUT2D eigenvalue weighted by Crippen LogP contribution is -2.45. The molecule has 1 fully saturated rings. The lowest BCUT2D eigenvalue weighted by Gasteiger charge is -2.35. The van der Waals surface area contributed by atoms with Crippen LogP contribution in [0.25, 0.3) is 0 Å². The highest BCUT2D eigenvalue weighted by Crippen LogP contribution is 2.38. The second kappa shape index (κ2) is 10.8. The molecule has 0 radical (unpaired) electrons. The van der Waals surface area contributed by atoms with Crippen LogP contribution in [0, 0.1) is 0 Å². The molecule has 0 bridgehead atoms. The van der Waals surface area contributed by atoms with E-state index < -0.39 is 24.1 Å². The Balaban J connectivity index is 0.00000312. The molecule has 26 heavy (non-hydrogen) atoms. The summed E-state index contributed by atoms with van der Waals surface area (Å²) in [5.41, 5.74) is -3.76. The van der Waals surface area contributed by atoms with Gasteiger partial charge in [0.25, 0.3) is 0 Å². The maximum absolute atomic E-state index is 12.6. The topological polar surface area (TPSA) is 15.3 Å². The zero-order valence-corrected chi connectivity index (χ0v) is 16.0. The predicted molar refractivity (Wildman–Crippen MR) is 95.3 cm³/mol. The first-order chi connectivity index (χ1) is 11.1. The molecule has 0 aliphatic carbocycles. The maximum atomic E-state index is 12.6. The molecule has 1 aliphatic rings. The minimum Gasteiger partial charge on any atom is -0.314 e. The highest BCUT2D eigenvalue weighted by atomic mass is 35.5. The molecule has 0 spiro atoms. The highest BCUT2D eigenvalue weighted by molar-refractivity contribution is 8.00. The third-order valence-corrected chi connectivity index (χ3v) is 4.53. The van der Waals surface area contributed by atoms with E-state index >= 15 is 0 Å². The van der Waals surface area contributed by atoms with Gasteiger partial charge in [-0.2, -0.15) is 26.3 Å². The molecule has 1 aromatic rings. The second-order valence-electron chi connectivity index (χ2n) is 5.57. The van der Waals surface area contributed by atoms with E-state index in [1.807, 2.05) is 4.90 Å². The zero-order valence-electron chi connectivity index (χ0n) is 13.6. The van der Waals surface area contributed by atoms with Crippen molar-refractivity contribution in [3.63, 3.8) is 0 Å². The van der Waals surface area contributed by atoms with Crippen molar-refractivity contribution in [2.45, 2.75) is 35.5 Å². The Labute approximate surface area is 164 Å². The molecule has 1 aromatic carbocycles. The molecule has 0 aromatic heterocycles. The zero-order chi connectivity index (χ0) is 17.8. The monoisotopic (exact) mass is 444 g/mol. The average molecular weight is 445 g/mol. The van der Waals surface area contributed by atoms with E-state index in [2.05, 4.69) is 5.32 Å². The molecule has 1 saturated heterocycles. The first-order valence-corrected chi connectivity index (χ1v) is 8.33. The van der Waals surface area contributed by atoms with Gasteiger partial charge in [0.05, 0.1) is 0 Å². The van der Waals surface area contributed by atoms with Crippen molar-refractivity contribution >= 4 is 36.6 Å². The number of hydrogen-bond acceptors (Lipinski definition) is 3. The molecule has 152 valence electrons. The van der Waals surface area contributed by atoms with Crippen molar-refractivity contribution in [2.75, 3.05) is 26.2 Å². The molecule has 1 aliphatic heterocycles. The van der Waals surface area contributed by atoms with Gasteiger partial charge in [-0.1, -0.05) is 12.1 Å². The number of rotatable bonds is 5. The first-order valence-electron chi connectivity index (χ1n) is 7.51. The van der Waals surface area contributed by atoms with Crippen LogP contribution < -0.4 is 5.32 Å². The van der Waals surface area contributed by atoms with Crippen LogP contribution in [0.15, 0.2) is 29.2 Å². The van der Waals surface area contributed by atoms with Crippen molar-refractivity contribution in [3.05, 3.63) is 29.8 Å². The minimum atomic E-state index is -4.38. The fraction of sp³-hybridized carbons (Fsp3) is 0.600. The Kier molecular flexibility index (Phi) is 10.7. The number of thioether (sulfide) groups is 1. The summed E-state index contributed by atoms with van der Waals surface area (Å²) >= 11 is -0.229. The molecule has 1 atom stereocenters. The molecular weight excluding hydrogens is 425 g/mol. The van der Waals surface area contributed by atoms with Gasteiger partial charge in [0, 0.05) is 43.5 Å². The molecular formula is C15H20Cl2F6N2S. The van der Waals surface area contributed by atoms with Crippen LogP contribution >= 0.6 is 36.6 Å². The van der Waals surface area contributed by atoms with Crippen LogP contribution in [0.5, 0.6) is 0 Å². The third-order valence-electron chi connectivity index (χ3n) is 3.79. The van der Waals surface area contributed by atoms with E-state index in [4.69, 9.17) is 0 Å². The highest BCUT2D eigenvalue weighted by Gasteiger charge is 2.32. The quantitative estimate of drug-likeness (QED) is 0.481. The fourth-order valence-corrected chi connectivity index (χ4v) is 3.29. The summed E-state index contributed by atoms with van der Waals surface area (Å²) in [5.74, 6) is 0. The summed E-state index contributed by atoms with van der Waals surface area (Å²) in [6.07, 6.45) is -5.27. The SMILES string of the molecule is Cl.Cl.FC(F)(F)CC[C@@H](c1ccc(SC(F)(F)F)cc1)N1CCNCC1. The Morgan fingerprint density at radius 1 is 0.962 bits per heavy atom. The lowest BCUT2D eigenvalue weighted by molar-refractivity contribution is -0.138. The van der Waals surface area contributed by atoms with Gasteiger partial charge in [0.15, 0.2) is 0 Å². The Morgan fingerprint density at radius 3 is 1.96 bits per heavy atom. The Morgan fingerprint density at radius 2 is 1.50 bits per heavy atom. The van der Waals surface area contributed by atoms with Crippen LogP contribution in [0.1, 0.15) is 24.4 Å². The smallest absolute Gasteiger partial charge is 0.314 e. The Hall–Kier alpha value is -0.350. The van der Waals surface area contributed by atoms with Crippen LogP contribution in [-0.4, -0.2) is 42.8 Å². The van der Waals surface area contributed by atoms with E-state index in [1.54, 1.807) is 0 Å². The van der Waals surface area contributed by atoms with Crippen LogP contribution in [-0.2, 0) is 0 Å². The second-order valence-corrected chi connectivity index (χ2v) is 6.71. The summed E-state index contributed by atoms with van der Waals surface area (Å²) in [4.78, 5) is 1.98. The number of piperazine rings is 1. The van der Waals surface area contributed by atoms with Crippen molar-refractivity contribution in [1.29, 1.82) is 0 Å². The van der Waals surface area contributed by atoms with Gasteiger partial charge in [-0.3, -0.25) is 4.90 Å². The molecule has 0 unspecified atom stereocenters. The van der Waals surface area contributed by atoms with Gasteiger partial charge in [-0.15, -0.1) is 24.8 Å². The summed E-state index contributed by atoms with van der Waals surface area (Å²) < 4.78 is 74.9. The molecule has 1 N–H and O–H groups in total. The van der Waals surface area contributed by atoms with Gasteiger partial charge >= 0.3 is 11.7 Å². The van der Waals surface area contributed by atoms with Crippen molar-refractivity contribution in [2.24, 2.45) is 0 Å². The minimum absolute atomic E-state index is 0. The fourth-order valence-electron chi connectivity index (χ4n) is 2.75. The van der Waals surface area contributed by atoms with E-state index in [9.17, 15) is 26.3 Å². The van der Waals surface area contributed by atoms with Gasteiger partial charge in [-0.25, -0.2) is 0 Å². The van der Waals surface area contributed by atoms with E-state index in [1.165, 1.54) is 24.3 Å².